The third-order valence-electron chi connectivity index (χ3n) is 5.41. The molecule has 9 heteroatoms. The maximum absolute atomic E-state index is 15.1. The molecule has 1 N–H and O–H groups in total. The van der Waals surface area contributed by atoms with Gasteiger partial charge in [-0.25, -0.2) is 14.0 Å². The summed E-state index contributed by atoms with van der Waals surface area (Å²) in [6.07, 6.45) is -0.892. The Bertz CT molecular complexity index is 872. The van der Waals surface area contributed by atoms with Crippen LogP contribution in [0.3, 0.4) is 0 Å². The number of ether oxygens (including phenoxy) is 2. The fourth-order valence-electron chi connectivity index (χ4n) is 3.09. The number of halogens is 1. The molecular formula is C24H37BFNO6. The van der Waals surface area contributed by atoms with Crippen LogP contribution >= 0.6 is 0 Å². The van der Waals surface area contributed by atoms with Gasteiger partial charge in [0.05, 0.1) is 11.2 Å². The molecule has 0 saturated carbocycles. The number of nitrogens with one attached hydrogen (secondary N) is 1. The van der Waals surface area contributed by atoms with Gasteiger partial charge in [0.25, 0.3) is 0 Å². The third-order valence-corrected chi connectivity index (χ3v) is 5.41. The summed E-state index contributed by atoms with van der Waals surface area (Å²) in [4.78, 5) is 25.0. The van der Waals surface area contributed by atoms with Crippen molar-refractivity contribution in [2.45, 2.75) is 104 Å². The molecule has 0 radical (unpaired) electrons. The van der Waals surface area contributed by atoms with Gasteiger partial charge in [0.2, 0.25) is 0 Å². The van der Waals surface area contributed by atoms with E-state index in [2.05, 4.69) is 5.32 Å². The lowest BCUT2D eigenvalue weighted by Gasteiger charge is -2.32. The number of carbonyl (C=O) groups excluding carboxylic acids is 2. The molecule has 0 aromatic heterocycles. The van der Waals surface area contributed by atoms with Crippen molar-refractivity contribution in [1.29, 1.82) is 0 Å². The Hall–Kier alpha value is -2.13. The summed E-state index contributed by atoms with van der Waals surface area (Å²) in [5.41, 5.74) is -1.86. The van der Waals surface area contributed by atoms with Gasteiger partial charge in [0.1, 0.15) is 23.1 Å². The Morgan fingerprint density at radius 3 is 1.97 bits per heavy atom. The van der Waals surface area contributed by atoms with E-state index in [0.717, 1.165) is 0 Å². The highest BCUT2D eigenvalue weighted by Gasteiger charge is 2.51. The molecule has 2 rings (SSSR count). The van der Waals surface area contributed by atoms with Crippen LogP contribution in [0.4, 0.5) is 9.18 Å². The monoisotopic (exact) mass is 465 g/mol. The summed E-state index contributed by atoms with van der Waals surface area (Å²) >= 11 is 0. The normalized spacial score (nSPS) is 18.6. The van der Waals surface area contributed by atoms with Crippen LogP contribution in [0.25, 0.3) is 0 Å². The predicted molar refractivity (Wildman–Crippen MR) is 125 cm³/mol. The summed E-state index contributed by atoms with van der Waals surface area (Å²) in [6.45, 7) is 18.0. The number of alkyl carbamates (subject to hydrolysis) is 1. The maximum atomic E-state index is 15.1. The first-order chi connectivity index (χ1) is 14.8. The first-order valence-corrected chi connectivity index (χ1v) is 11.2. The molecule has 1 amide bonds. The summed E-state index contributed by atoms with van der Waals surface area (Å²) in [5, 5.41) is 2.51. The largest absolute Gasteiger partial charge is 0.494 e. The van der Waals surface area contributed by atoms with E-state index in [-0.39, 0.29) is 12.0 Å². The molecule has 0 aliphatic carbocycles. The fourth-order valence-corrected chi connectivity index (χ4v) is 3.09. The number of benzene rings is 1. The highest BCUT2D eigenvalue weighted by atomic mass is 19.1. The smallest absolute Gasteiger partial charge is 0.458 e. The number of amides is 1. The van der Waals surface area contributed by atoms with Crippen LogP contribution in [-0.4, -0.2) is 47.6 Å². The second-order valence-corrected chi connectivity index (χ2v) is 11.4. The van der Waals surface area contributed by atoms with Gasteiger partial charge in [-0.05, 0) is 86.3 Å². The Labute approximate surface area is 196 Å². The molecular weight excluding hydrogens is 428 g/mol. The molecule has 1 atom stereocenters. The number of rotatable bonds is 5. The van der Waals surface area contributed by atoms with E-state index in [4.69, 9.17) is 18.8 Å². The van der Waals surface area contributed by atoms with Crippen LogP contribution in [-0.2, 0) is 30.0 Å². The van der Waals surface area contributed by atoms with E-state index in [9.17, 15) is 9.59 Å². The van der Waals surface area contributed by atoms with E-state index in [1.54, 1.807) is 53.7 Å². The third kappa shape index (κ3) is 7.44. The molecule has 184 valence electrons. The van der Waals surface area contributed by atoms with Crippen molar-refractivity contribution in [3.05, 3.63) is 29.6 Å². The summed E-state index contributed by atoms with van der Waals surface area (Å²) in [7, 11) is -0.708. The second-order valence-electron chi connectivity index (χ2n) is 11.4. The van der Waals surface area contributed by atoms with Crippen molar-refractivity contribution in [3.8, 4) is 0 Å². The van der Waals surface area contributed by atoms with Crippen molar-refractivity contribution in [2.24, 2.45) is 0 Å². The van der Waals surface area contributed by atoms with E-state index < -0.39 is 53.4 Å². The summed E-state index contributed by atoms with van der Waals surface area (Å²) < 4.78 is 37.7. The SMILES string of the molecule is CC(C)(C)OC(=O)NC(Cc1ccc(B2OC(C)(C)C(C)(C)O2)cc1F)C(=O)OC(C)(C)C. The Morgan fingerprint density at radius 2 is 1.52 bits per heavy atom. The molecule has 0 bridgehead atoms. The van der Waals surface area contributed by atoms with Crippen molar-refractivity contribution in [3.63, 3.8) is 0 Å². The first kappa shape index (κ1) is 27.1. The van der Waals surface area contributed by atoms with Gasteiger partial charge in [0.15, 0.2) is 0 Å². The Kier molecular flexibility index (Phi) is 7.61. The Morgan fingerprint density at radius 1 is 1.00 bits per heavy atom. The standard InChI is InChI=1S/C24H37BFNO6/c1-21(2,3)30-19(28)18(27-20(29)31-22(4,5)6)13-15-11-12-16(14-17(15)26)25-32-23(7,8)24(9,10)33-25/h11-12,14,18H,13H2,1-10H3,(H,27,29). The van der Waals surface area contributed by atoms with Crippen LogP contribution in [0, 0.1) is 5.82 Å². The topological polar surface area (TPSA) is 83.1 Å². The lowest BCUT2D eigenvalue weighted by Crippen LogP contribution is -2.47. The second kappa shape index (κ2) is 9.26. The predicted octanol–water partition coefficient (Wildman–Crippen LogP) is 3.90. The summed E-state index contributed by atoms with van der Waals surface area (Å²) in [5.74, 6) is -1.22. The van der Waals surface area contributed by atoms with E-state index >= 15 is 4.39 Å². The number of carbonyl (C=O) groups is 2. The minimum absolute atomic E-state index is 0.108. The van der Waals surface area contributed by atoms with Crippen molar-refractivity contribution < 1.29 is 32.8 Å². The average Bonchev–Trinajstić information content (AvgIpc) is 2.80. The zero-order valence-electron chi connectivity index (χ0n) is 21.4. The molecule has 1 heterocycles. The Balaban J connectivity index is 2.23. The van der Waals surface area contributed by atoms with E-state index in [1.807, 2.05) is 27.7 Å². The molecule has 1 saturated heterocycles. The van der Waals surface area contributed by atoms with Crippen LogP contribution in [0.5, 0.6) is 0 Å². The van der Waals surface area contributed by atoms with Gasteiger partial charge >= 0.3 is 19.2 Å². The molecule has 1 aromatic rings. The highest BCUT2D eigenvalue weighted by Crippen LogP contribution is 2.36. The van der Waals surface area contributed by atoms with Crippen molar-refractivity contribution in [2.75, 3.05) is 0 Å². The molecule has 33 heavy (non-hydrogen) atoms. The number of hydrogen-bond acceptors (Lipinski definition) is 6. The van der Waals surface area contributed by atoms with Gasteiger partial charge in [-0.15, -0.1) is 0 Å². The van der Waals surface area contributed by atoms with Crippen molar-refractivity contribution >= 4 is 24.6 Å². The molecule has 1 aliphatic heterocycles. The molecule has 1 unspecified atom stereocenters. The molecule has 1 fully saturated rings. The zero-order chi connectivity index (χ0) is 25.4. The van der Waals surface area contributed by atoms with Crippen LogP contribution in [0.1, 0.15) is 74.8 Å². The molecule has 1 aromatic carbocycles. The van der Waals surface area contributed by atoms with Gasteiger partial charge < -0.3 is 24.1 Å². The first-order valence-electron chi connectivity index (χ1n) is 11.2. The van der Waals surface area contributed by atoms with Gasteiger partial charge in [-0.3, -0.25) is 0 Å². The molecule has 7 nitrogen and oxygen atoms in total. The summed E-state index contributed by atoms with van der Waals surface area (Å²) in [6, 6.07) is 3.46. The minimum Gasteiger partial charge on any atom is -0.458 e. The van der Waals surface area contributed by atoms with Crippen molar-refractivity contribution in [1.82, 2.24) is 5.32 Å². The molecule has 0 spiro atoms. The fraction of sp³-hybridized carbons (Fsp3) is 0.667. The molecule has 1 aliphatic rings. The lowest BCUT2D eigenvalue weighted by atomic mass is 9.78. The number of esters is 1. The van der Waals surface area contributed by atoms with Crippen LogP contribution < -0.4 is 10.8 Å². The van der Waals surface area contributed by atoms with Crippen LogP contribution in [0.15, 0.2) is 18.2 Å². The quantitative estimate of drug-likeness (QED) is 0.525. The van der Waals surface area contributed by atoms with Gasteiger partial charge in [-0.1, -0.05) is 12.1 Å². The zero-order valence-corrected chi connectivity index (χ0v) is 21.4. The van der Waals surface area contributed by atoms with Gasteiger partial charge in [-0.2, -0.15) is 0 Å². The minimum atomic E-state index is -1.13. The average molecular weight is 465 g/mol. The van der Waals surface area contributed by atoms with E-state index in [0.29, 0.717) is 5.46 Å². The lowest BCUT2D eigenvalue weighted by molar-refractivity contribution is -0.157. The highest BCUT2D eigenvalue weighted by molar-refractivity contribution is 6.62. The van der Waals surface area contributed by atoms with Crippen LogP contribution in [0.2, 0.25) is 0 Å². The number of hydrogen-bond donors (Lipinski definition) is 1. The van der Waals surface area contributed by atoms with E-state index in [1.165, 1.54) is 6.07 Å². The van der Waals surface area contributed by atoms with Gasteiger partial charge in [0, 0.05) is 6.42 Å². The maximum Gasteiger partial charge on any atom is 0.494 e.